The number of aromatic amines is 1. The molecule has 35 heavy (non-hydrogen) atoms. The number of benzene rings is 1. The van der Waals surface area contributed by atoms with Crippen molar-refractivity contribution < 1.29 is 19.8 Å². The Morgan fingerprint density at radius 2 is 1.77 bits per heavy atom. The molecule has 0 saturated carbocycles. The highest BCUT2D eigenvalue weighted by Crippen LogP contribution is 2.24. The molecule has 12 heteroatoms. The molecule has 1 aromatic carbocycles. The number of β-amino-alcohol motifs (C(OH)–C–C–N with tert-alkyl or cyclic N) is 2. The monoisotopic (exact) mass is 536 g/mol. The van der Waals surface area contributed by atoms with E-state index in [1.165, 1.54) is 9.58 Å². The summed E-state index contributed by atoms with van der Waals surface area (Å²) in [5.74, 6) is -0.650. The van der Waals surface area contributed by atoms with Crippen molar-refractivity contribution in [2.24, 2.45) is 4.99 Å². The van der Waals surface area contributed by atoms with Crippen LogP contribution in [0.15, 0.2) is 40.1 Å². The molecule has 1 aliphatic rings. The molecule has 2 unspecified atom stereocenters. The van der Waals surface area contributed by atoms with Gasteiger partial charge < -0.3 is 15.1 Å². The van der Waals surface area contributed by atoms with Crippen molar-refractivity contribution in [3.63, 3.8) is 0 Å². The van der Waals surface area contributed by atoms with E-state index < -0.39 is 12.2 Å². The fraction of sp³-hybridized carbons (Fsp3) is 0.304. The third kappa shape index (κ3) is 5.12. The van der Waals surface area contributed by atoms with Gasteiger partial charge in [0.05, 0.1) is 43.3 Å². The molecular weight excluding hydrogens is 515 g/mol. The van der Waals surface area contributed by atoms with Gasteiger partial charge in [-0.2, -0.15) is 0 Å². The zero-order valence-electron chi connectivity index (χ0n) is 18.8. The Labute approximate surface area is 214 Å². The molecule has 4 rings (SSSR count). The lowest BCUT2D eigenvalue weighted by atomic mass is 10.2. The van der Waals surface area contributed by atoms with Crippen molar-refractivity contribution in [1.29, 1.82) is 0 Å². The van der Waals surface area contributed by atoms with Gasteiger partial charge >= 0.3 is 0 Å². The van der Waals surface area contributed by atoms with E-state index in [1.54, 1.807) is 44.2 Å². The van der Waals surface area contributed by atoms with E-state index in [1.807, 2.05) is 0 Å². The standard InChI is InChI=1S/C23H22Cl2N4O5S/c1-11(21-12(2)27-29(23(21)34)13-3-4-14(24)15(25)7-13)26-8-16(30)19-5-6-20(35-19)22(33)28-9-17(31)18(32)10-28/h3-7,17-18,27,31-32H,8-10H2,1-2H3. The molecule has 1 saturated heterocycles. The summed E-state index contributed by atoms with van der Waals surface area (Å²) >= 11 is 13.1. The molecule has 1 amide bonds. The molecule has 3 aromatic rings. The number of aryl methyl sites for hydroxylation is 1. The van der Waals surface area contributed by atoms with Gasteiger partial charge in [0.2, 0.25) is 0 Å². The van der Waals surface area contributed by atoms with Crippen molar-refractivity contribution in [3.05, 3.63) is 71.7 Å². The average molecular weight is 537 g/mol. The summed E-state index contributed by atoms with van der Waals surface area (Å²) in [7, 11) is 0. The second-order valence-electron chi connectivity index (χ2n) is 8.18. The Hall–Kier alpha value is -2.76. The predicted molar refractivity (Wildman–Crippen MR) is 135 cm³/mol. The summed E-state index contributed by atoms with van der Waals surface area (Å²) in [5.41, 5.74) is 1.49. The van der Waals surface area contributed by atoms with Crippen LogP contribution in [0.5, 0.6) is 0 Å². The molecule has 9 nitrogen and oxygen atoms in total. The van der Waals surface area contributed by atoms with Gasteiger partial charge in [-0.05, 0) is 44.2 Å². The Kier molecular flexibility index (Phi) is 7.30. The summed E-state index contributed by atoms with van der Waals surface area (Å²) in [6.07, 6.45) is -1.95. The number of likely N-dealkylation sites (tertiary alicyclic amines) is 1. The van der Waals surface area contributed by atoms with Gasteiger partial charge in [-0.1, -0.05) is 23.2 Å². The molecule has 2 aromatic heterocycles. The molecule has 1 aliphatic heterocycles. The summed E-state index contributed by atoms with van der Waals surface area (Å²) in [6, 6.07) is 7.91. The second kappa shape index (κ2) is 10.1. The number of Topliss-reactive ketones (excluding diaryl/α,β-unsaturated/α-hetero) is 1. The number of aliphatic hydroxyl groups excluding tert-OH is 2. The largest absolute Gasteiger partial charge is 0.388 e. The number of aliphatic imine (C=N–C) groups is 1. The molecule has 0 aliphatic carbocycles. The van der Waals surface area contributed by atoms with Crippen LogP contribution < -0.4 is 5.56 Å². The van der Waals surface area contributed by atoms with Gasteiger partial charge in [0.15, 0.2) is 5.78 Å². The SMILES string of the molecule is CC(=NCC(=O)c1ccc(C(=O)N2CC(O)C(O)C2)s1)c1c(C)[nH]n(-c2ccc(Cl)c(Cl)c2)c1=O. The van der Waals surface area contributed by atoms with E-state index in [0.29, 0.717) is 42.5 Å². The maximum absolute atomic E-state index is 13.0. The normalized spacial score (nSPS) is 18.3. The number of aliphatic hydroxyl groups is 2. The lowest BCUT2D eigenvalue weighted by molar-refractivity contribution is 0.0572. The first-order valence-electron chi connectivity index (χ1n) is 10.6. The highest BCUT2D eigenvalue weighted by molar-refractivity contribution is 7.16. The van der Waals surface area contributed by atoms with E-state index >= 15 is 0 Å². The smallest absolute Gasteiger partial charge is 0.280 e. The van der Waals surface area contributed by atoms with Gasteiger partial charge in [-0.15, -0.1) is 11.3 Å². The minimum absolute atomic E-state index is 0.0421. The minimum Gasteiger partial charge on any atom is -0.388 e. The highest BCUT2D eigenvalue weighted by atomic mass is 35.5. The van der Waals surface area contributed by atoms with Crippen LogP contribution in [0.2, 0.25) is 10.0 Å². The number of thiophene rings is 1. The fourth-order valence-electron chi connectivity index (χ4n) is 3.82. The number of carbonyl (C=O) groups excluding carboxylic acids is 2. The van der Waals surface area contributed by atoms with Crippen LogP contribution in [0.1, 0.15) is 37.5 Å². The zero-order chi connectivity index (χ0) is 25.4. The van der Waals surface area contributed by atoms with Crippen LogP contribution in [-0.4, -0.2) is 74.1 Å². The van der Waals surface area contributed by atoms with Gasteiger partial charge in [0.25, 0.3) is 11.5 Å². The Morgan fingerprint density at radius 1 is 1.11 bits per heavy atom. The van der Waals surface area contributed by atoms with Crippen LogP contribution in [0, 0.1) is 6.92 Å². The third-order valence-corrected chi connectivity index (χ3v) is 7.55. The summed E-state index contributed by atoms with van der Waals surface area (Å²) in [6.45, 7) is 3.27. The third-order valence-electron chi connectivity index (χ3n) is 5.69. The topological polar surface area (TPSA) is 128 Å². The van der Waals surface area contributed by atoms with Gasteiger partial charge in [-0.25, -0.2) is 4.68 Å². The Balaban J connectivity index is 1.49. The number of carbonyl (C=O) groups is 2. The number of rotatable bonds is 6. The van der Waals surface area contributed by atoms with Crippen LogP contribution in [0.4, 0.5) is 0 Å². The van der Waals surface area contributed by atoms with Crippen molar-refractivity contribution in [2.45, 2.75) is 26.1 Å². The number of hydrogen-bond donors (Lipinski definition) is 3. The van der Waals surface area contributed by atoms with Crippen molar-refractivity contribution in [1.82, 2.24) is 14.7 Å². The fourth-order valence-corrected chi connectivity index (χ4v) is 5.02. The molecule has 3 heterocycles. The maximum Gasteiger partial charge on any atom is 0.280 e. The first-order chi connectivity index (χ1) is 16.6. The molecule has 2 atom stereocenters. The molecule has 184 valence electrons. The number of H-pyrrole nitrogens is 1. The predicted octanol–water partition coefficient (Wildman–Crippen LogP) is 2.71. The Bertz CT molecular complexity index is 1380. The summed E-state index contributed by atoms with van der Waals surface area (Å²) in [4.78, 5) is 44.6. The lowest BCUT2D eigenvalue weighted by Crippen LogP contribution is -2.29. The van der Waals surface area contributed by atoms with Crippen LogP contribution in [0.25, 0.3) is 5.69 Å². The minimum atomic E-state index is -0.976. The van der Waals surface area contributed by atoms with Crippen LogP contribution in [0.3, 0.4) is 0 Å². The molecular formula is C23H22Cl2N4O5S. The quantitative estimate of drug-likeness (QED) is 0.329. The first kappa shape index (κ1) is 25.3. The second-order valence-corrected chi connectivity index (χ2v) is 10.1. The molecule has 0 bridgehead atoms. The number of aromatic nitrogens is 2. The number of nitrogens with one attached hydrogen (secondary N) is 1. The van der Waals surface area contributed by atoms with Gasteiger partial charge in [0.1, 0.15) is 6.54 Å². The average Bonchev–Trinajstić information content (AvgIpc) is 3.51. The van der Waals surface area contributed by atoms with Crippen molar-refractivity contribution in [2.75, 3.05) is 19.6 Å². The van der Waals surface area contributed by atoms with Gasteiger partial charge in [0, 0.05) is 24.5 Å². The first-order valence-corrected chi connectivity index (χ1v) is 12.2. The van der Waals surface area contributed by atoms with Crippen molar-refractivity contribution >= 4 is 51.9 Å². The van der Waals surface area contributed by atoms with E-state index in [9.17, 15) is 24.6 Å². The van der Waals surface area contributed by atoms with Gasteiger partial charge in [-0.3, -0.25) is 24.5 Å². The number of hydrogen-bond acceptors (Lipinski definition) is 7. The lowest BCUT2D eigenvalue weighted by Gasteiger charge is -2.13. The molecule has 3 N–H and O–H groups in total. The molecule has 0 spiro atoms. The molecule has 0 radical (unpaired) electrons. The van der Waals surface area contributed by atoms with E-state index in [2.05, 4.69) is 10.1 Å². The summed E-state index contributed by atoms with van der Waals surface area (Å²) < 4.78 is 1.33. The summed E-state index contributed by atoms with van der Waals surface area (Å²) in [5, 5.41) is 23.0. The number of nitrogens with zero attached hydrogens (tertiary/aromatic N) is 3. The highest BCUT2D eigenvalue weighted by Gasteiger charge is 2.33. The number of ketones is 1. The number of amides is 1. The van der Waals surface area contributed by atoms with E-state index in [-0.39, 0.29) is 36.9 Å². The van der Waals surface area contributed by atoms with E-state index in [0.717, 1.165) is 11.3 Å². The van der Waals surface area contributed by atoms with E-state index in [4.69, 9.17) is 23.2 Å². The Morgan fingerprint density at radius 3 is 2.43 bits per heavy atom. The zero-order valence-corrected chi connectivity index (χ0v) is 21.1. The van der Waals surface area contributed by atoms with Crippen LogP contribution >= 0.6 is 34.5 Å². The van der Waals surface area contributed by atoms with Crippen LogP contribution in [-0.2, 0) is 0 Å². The van der Waals surface area contributed by atoms with Crippen molar-refractivity contribution in [3.8, 4) is 5.69 Å². The maximum atomic E-state index is 13.0. The molecule has 1 fully saturated rings. The number of halogens is 2.